The number of fused-ring (bicyclic) bond motifs is 1. The molecular formula is C44H43F3N8O6S. The van der Waals surface area contributed by atoms with E-state index in [1.54, 1.807) is 41.4 Å². The standard InChI is InChI=1S/C44H43F3N8O6S/c1-23(2)52(27-15-31(16-27)60-29-7-8-32-33(18-29)40(58)54(39(32)57)36-9-5-24(3)51-38(36)56)22-25-13-30(14-25)61-37-10-6-26(20-50-37)55-42(62)53(41(59)43(55)11-4-12-43)28-17-34(44(45,46)47)35(19-48)49-21-28/h6-8,10,17-18,20-21,23,25,27,30-31,36H,3-5,9,11-16,22H2,1-2H3,(H,51,56). The maximum atomic E-state index is 13.8. The van der Waals surface area contributed by atoms with Gasteiger partial charge < -0.3 is 19.7 Å². The fourth-order valence-electron chi connectivity index (χ4n) is 9.53. The summed E-state index contributed by atoms with van der Waals surface area (Å²) < 4.78 is 53.8. The lowest BCUT2D eigenvalue weighted by Crippen LogP contribution is -2.55. The van der Waals surface area contributed by atoms with Gasteiger partial charge >= 0.3 is 6.18 Å². The maximum Gasteiger partial charge on any atom is 0.419 e. The average molecular weight is 869 g/mol. The molecule has 5 fully saturated rings. The Bertz CT molecular complexity index is 2440. The van der Waals surface area contributed by atoms with E-state index in [1.807, 2.05) is 0 Å². The lowest BCUT2D eigenvalue weighted by molar-refractivity contribution is -0.138. The average Bonchev–Trinajstić information content (AvgIpc) is 3.58. The minimum absolute atomic E-state index is 0.00887. The van der Waals surface area contributed by atoms with Crippen molar-refractivity contribution < 1.29 is 41.8 Å². The van der Waals surface area contributed by atoms with E-state index in [2.05, 4.69) is 40.6 Å². The number of nitrogens with zero attached hydrogens (tertiary/aromatic N) is 7. The smallest absolute Gasteiger partial charge is 0.419 e. The number of imide groups is 1. The number of nitriles is 1. The number of benzene rings is 1. The van der Waals surface area contributed by atoms with Gasteiger partial charge in [-0.25, -0.2) is 9.97 Å². The number of carbonyl (C=O) groups excluding carboxylic acids is 4. The lowest BCUT2D eigenvalue weighted by atomic mass is 9.75. The number of rotatable bonds is 11. The van der Waals surface area contributed by atoms with Crippen LogP contribution in [-0.4, -0.2) is 90.9 Å². The highest BCUT2D eigenvalue weighted by Gasteiger charge is 2.60. The summed E-state index contributed by atoms with van der Waals surface area (Å²) in [6.45, 7) is 9.03. The van der Waals surface area contributed by atoms with Crippen LogP contribution in [0.25, 0.3) is 0 Å². The highest BCUT2D eigenvalue weighted by molar-refractivity contribution is 7.81. The largest absolute Gasteiger partial charge is 0.490 e. The number of amides is 4. The zero-order valence-corrected chi connectivity index (χ0v) is 34.8. The molecule has 1 N–H and O–H groups in total. The molecule has 4 amide bonds. The fraction of sp³-hybridized carbons (Fsp3) is 0.455. The predicted molar refractivity (Wildman–Crippen MR) is 221 cm³/mol. The van der Waals surface area contributed by atoms with E-state index in [4.69, 9.17) is 21.7 Å². The molecule has 1 spiro atoms. The number of halogens is 3. The minimum Gasteiger partial charge on any atom is -0.490 e. The molecule has 322 valence electrons. The van der Waals surface area contributed by atoms with Crippen LogP contribution in [0.2, 0.25) is 0 Å². The van der Waals surface area contributed by atoms with Crippen molar-refractivity contribution in [1.82, 2.24) is 25.1 Å². The van der Waals surface area contributed by atoms with Crippen LogP contribution < -0.4 is 24.6 Å². The van der Waals surface area contributed by atoms with E-state index >= 15 is 0 Å². The van der Waals surface area contributed by atoms with E-state index < -0.39 is 52.6 Å². The molecule has 0 bridgehead atoms. The molecule has 5 heterocycles. The number of thiocarbonyl (C=S) groups is 1. The molecule has 62 heavy (non-hydrogen) atoms. The van der Waals surface area contributed by atoms with Gasteiger partial charge in [0.2, 0.25) is 11.8 Å². The summed E-state index contributed by atoms with van der Waals surface area (Å²) >= 11 is 5.72. The summed E-state index contributed by atoms with van der Waals surface area (Å²) in [5.74, 6) is -0.486. The van der Waals surface area contributed by atoms with Crippen molar-refractivity contribution in [3.8, 4) is 17.7 Å². The van der Waals surface area contributed by atoms with E-state index in [-0.39, 0.29) is 34.1 Å². The fourth-order valence-corrected chi connectivity index (χ4v) is 10.0. The molecule has 1 aromatic carbocycles. The number of ether oxygens (including phenoxy) is 2. The molecule has 9 rings (SSSR count). The van der Waals surface area contributed by atoms with Crippen molar-refractivity contribution in [2.75, 3.05) is 16.3 Å². The first-order valence-corrected chi connectivity index (χ1v) is 21.2. The Balaban J connectivity index is 0.773. The van der Waals surface area contributed by atoms with Crippen LogP contribution in [0.15, 0.2) is 61.1 Å². The number of aromatic nitrogens is 2. The molecule has 1 atom stereocenters. The highest BCUT2D eigenvalue weighted by Crippen LogP contribution is 2.48. The van der Waals surface area contributed by atoms with Crippen molar-refractivity contribution in [1.29, 1.82) is 5.26 Å². The molecule has 18 heteroatoms. The first-order valence-electron chi connectivity index (χ1n) is 20.8. The monoisotopic (exact) mass is 868 g/mol. The first kappa shape index (κ1) is 41.4. The third kappa shape index (κ3) is 7.04. The van der Waals surface area contributed by atoms with Gasteiger partial charge in [0, 0.05) is 43.2 Å². The Kier molecular flexibility index (Phi) is 10.3. The summed E-state index contributed by atoms with van der Waals surface area (Å²) in [7, 11) is 0. The number of hydrogen-bond acceptors (Lipinski definition) is 11. The molecular weight excluding hydrogens is 826 g/mol. The van der Waals surface area contributed by atoms with Gasteiger partial charge in [-0.1, -0.05) is 6.58 Å². The first-order chi connectivity index (χ1) is 29.6. The van der Waals surface area contributed by atoms with E-state index in [9.17, 15) is 37.6 Å². The number of alkyl halides is 3. The van der Waals surface area contributed by atoms with Crippen molar-refractivity contribution in [3.63, 3.8) is 0 Å². The molecule has 0 radical (unpaired) electrons. The summed E-state index contributed by atoms with van der Waals surface area (Å²) in [4.78, 5) is 67.4. The Morgan fingerprint density at radius 3 is 2.32 bits per heavy atom. The molecule has 2 saturated heterocycles. The quantitative estimate of drug-likeness (QED) is 0.170. The second-order valence-corrected chi connectivity index (χ2v) is 17.6. The second-order valence-electron chi connectivity index (χ2n) is 17.3. The van der Waals surface area contributed by atoms with Crippen LogP contribution in [0.1, 0.15) is 104 Å². The summed E-state index contributed by atoms with van der Waals surface area (Å²) in [5, 5.41) is 11.9. The van der Waals surface area contributed by atoms with Gasteiger partial charge in [0.25, 0.3) is 17.7 Å². The third-order valence-electron chi connectivity index (χ3n) is 13.1. The van der Waals surface area contributed by atoms with Crippen molar-refractivity contribution in [2.24, 2.45) is 5.92 Å². The van der Waals surface area contributed by atoms with Gasteiger partial charge in [-0.2, -0.15) is 18.4 Å². The molecule has 3 aromatic rings. The number of anilines is 2. The number of carbonyl (C=O) groups is 4. The van der Waals surface area contributed by atoms with Gasteiger partial charge in [0.1, 0.15) is 35.6 Å². The van der Waals surface area contributed by atoms with Gasteiger partial charge in [-0.05, 0) is 107 Å². The van der Waals surface area contributed by atoms with Crippen LogP contribution in [0.3, 0.4) is 0 Å². The Hall–Kier alpha value is -5.93. The Morgan fingerprint density at radius 1 is 0.984 bits per heavy atom. The molecule has 3 aliphatic carbocycles. The molecule has 2 aromatic heterocycles. The van der Waals surface area contributed by atoms with Crippen LogP contribution in [-0.2, 0) is 15.8 Å². The molecule has 3 aliphatic heterocycles. The van der Waals surface area contributed by atoms with E-state index in [0.29, 0.717) is 66.7 Å². The van der Waals surface area contributed by atoms with Gasteiger partial charge in [-0.15, -0.1) is 0 Å². The number of hydrogen-bond donors (Lipinski definition) is 1. The van der Waals surface area contributed by atoms with Crippen molar-refractivity contribution >= 4 is 52.3 Å². The van der Waals surface area contributed by atoms with Gasteiger partial charge in [0.05, 0.1) is 40.5 Å². The highest BCUT2D eigenvalue weighted by atomic mass is 32.1. The van der Waals surface area contributed by atoms with Crippen molar-refractivity contribution in [3.05, 3.63) is 83.5 Å². The molecule has 3 saturated carbocycles. The second kappa shape index (κ2) is 15.5. The van der Waals surface area contributed by atoms with Crippen molar-refractivity contribution in [2.45, 2.75) is 114 Å². The van der Waals surface area contributed by atoms with Crippen LogP contribution in [0.5, 0.6) is 11.6 Å². The van der Waals surface area contributed by atoms with E-state index in [0.717, 1.165) is 60.7 Å². The number of allylic oxidation sites excluding steroid dienone is 1. The molecule has 6 aliphatic rings. The zero-order valence-electron chi connectivity index (χ0n) is 34.0. The normalized spacial score (nSPS) is 25.5. The number of nitrogens with one attached hydrogen (secondary N) is 1. The van der Waals surface area contributed by atoms with Gasteiger partial charge in [-0.3, -0.25) is 33.9 Å². The van der Waals surface area contributed by atoms with E-state index in [1.165, 1.54) is 6.07 Å². The molecule has 1 unspecified atom stereocenters. The zero-order chi connectivity index (χ0) is 43.8. The molecule has 14 nitrogen and oxygen atoms in total. The van der Waals surface area contributed by atoms with Crippen LogP contribution >= 0.6 is 12.2 Å². The Labute approximate surface area is 360 Å². The number of pyridine rings is 2. The lowest BCUT2D eigenvalue weighted by Gasteiger charge is -2.48. The summed E-state index contributed by atoms with van der Waals surface area (Å²) in [6, 6.07) is 10.3. The van der Waals surface area contributed by atoms with Crippen LogP contribution in [0.4, 0.5) is 24.5 Å². The maximum absolute atomic E-state index is 13.8. The third-order valence-corrected chi connectivity index (χ3v) is 13.5. The predicted octanol–water partition coefficient (Wildman–Crippen LogP) is 6.29. The SMILES string of the molecule is C=C1CCC(N2C(=O)c3ccc(OC4CC(N(CC5CC(Oc6ccc(N7C(=S)N(c8cnc(C#N)c(C(F)(F)F)c8)C(=O)C78CCC8)cn6)C5)C(C)C)C4)cc3C2=O)C(=O)N1. The summed E-state index contributed by atoms with van der Waals surface area (Å²) in [6.07, 6.45) is 3.50. The van der Waals surface area contributed by atoms with Gasteiger partial charge in [0.15, 0.2) is 10.8 Å². The minimum atomic E-state index is -4.85. The van der Waals surface area contributed by atoms with Crippen LogP contribution in [0, 0.1) is 17.2 Å². The topological polar surface area (TPSA) is 161 Å². The summed E-state index contributed by atoms with van der Waals surface area (Å²) in [5.41, 5.74) is -1.64. The number of piperidine rings is 1. The Morgan fingerprint density at radius 2 is 1.69 bits per heavy atom.